The van der Waals surface area contributed by atoms with Gasteiger partial charge in [0.05, 0.1) is 6.61 Å². The van der Waals surface area contributed by atoms with Gasteiger partial charge in [0.25, 0.3) is 0 Å². The molecule has 1 rings (SSSR count). The van der Waals surface area contributed by atoms with Gasteiger partial charge in [0.15, 0.2) is 6.29 Å². The second-order valence-corrected chi connectivity index (χ2v) is 2.93. The highest BCUT2D eigenvalue weighted by Crippen LogP contribution is 2.20. The van der Waals surface area contributed by atoms with E-state index in [0.717, 1.165) is 0 Å². The van der Waals surface area contributed by atoms with Crippen molar-refractivity contribution in [2.24, 2.45) is 0 Å². The van der Waals surface area contributed by atoms with Crippen LogP contribution in [0, 0.1) is 0 Å². The Kier molecular flexibility index (Phi) is 3.60. The first-order chi connectivity index (χ1) is 6.11. The SMILES string of the molecule is CO[C@H]1O[C@@H](CO)[C@H](O)[C@H](O)[C@H]1O. The number of hydrogen-bond acceptors (Lipinski definition) is 6. The summed E-state index contributed by atoms with van der Waals surface area (Å²) < 4.78 is 9.65. The zero-order chi connectivity index (χ0) is 10.0. The van der Waals surface area contributed by atoms with Crippen molar-refractivity contribution < 1.29 is 29.9 Å². The predicted molar refractivity (Wildman–Crippen MR) is 40.8 cm³/mol. The molecule has 4 N–H and O–H groups in total. The normalized spacial score (nSPS) is 46.4. The smallest absolute Gasteiger partial charge is 0.186 e. The lowest BCUT2D eigenvalue weighted by molar-refractivity contribution is -0.294. The summed E-state index contributed by atoms with van der Waals surface area (Å²) >= 11 is 0. The Labute approximate surface area is 75.3 Å². The molecule has 0 aliphatic carbocycles. The van der Waals surface area contributed by atoms with Gasteiger partial charge in [0.1, 0.15) is 24.4 Å². The molecule has 1 fully saturated rings. The topological polar surface area (TPSA) is 99.4 Å². The molecular weight excluding hydrogens is 180 g/mol. The van der Waals surface area contributed by atoms with Crippen molar-refractivity contribution in [3.63, 3.8) is 0 Å². The van der Waals surface area contributed by atoms with E-state index >= 15 is 0 Å². The fourth-order valence-corrected chi connectivity index (χ4v) is 1.26. The van der Waals surface area contributed by atoms with E-state index < -0.39 is 37.3 Å². The predicted octanol–water partition coefficient (Wildman–Crippen LogP) is -2.57. The van der Waals surface area contributed by atoms with Crippen molar-refractivity contribution in [2.45, 2.75) is 30.7 Å². The molecule has 0 unspecified atom stereocenters. The standard InChI is InChI=1S/C7H14O6/c1-12-7-6(11)5(10)4(9)3(2-8)13-7/h3-11H,2H2,1H3/t3-,4-,5-,6+,7-/m0/s1. The van der Waals surface area contributed by atoms with E-state index in [-0.39, 0.29) is 0 Å². The van der Waals surface area contributed by atoms with E-state index in [2.05, 4.69) is 0 Å². The molecule has 1 heterocycles. The molecule has 13 heavy (non-hydrogen) atoms. The maximum absolute atomic E-state index is 9.28. The minimum atomic E-state index is -1.36. The zero-order valence-electron chi connectivity index (χ0n) is 7.20. The molecule has 1 aliphatic rings. The second kappa shape index (κ2) is 4.32. The summed E-state index contributed by atoms with van der Waals surface area (Å²) in [5.41, 5.74) is 0. The maximum Gasteiger partial charge on any atom is 0.186 e. The zero-order valence-corrected chi connectivity index (χ0v) is 7.20. The summed E-state index contributed by atoms with van der Waals surface area (Å²) in [6.45, 7) is -0.440. The second-order valence-electron chi connectivity index (χ2n) is 2.93. The van der Waals surface area contributed by atoms with Gasteiger partial charge in [-0.1, -0.05) is 0 Å². The lowest BCUT2D eigenvalue weighted by Crippen LogP contribution is -2.58. The van der Waals surface area contributed by atoms with Gasteiger partial charge in [-0.3, -0.25) is 0 Å². The average Bonchev–Trinajstić information content (AvgIpc) is 2.15. The molecule has 0 aromatic carbocycles. The van der Waals surface area contributed by atoms with E-state index in [1.807, 2.05) is 0 Å². The summed E-state index contributed by atoms with van der Waals surface area (Å²) in [4.78, 5) is 0. The van der Waals surface area contributed by atoms with Crippen molar-refractivity contribution in [1.29, 1.82) is 0 Å². The molecule has 0 bridgehead atoms. The van der Waals surface area contributed by atoms with Crippen LogP contribution < -0.4 is 0 Å². The summed E-state index contributed by atoms with van der Waals surface area (Å²) in [5.74, 6) is 0. The number of aliphatic hydroxyl groups excluding tert-OH is 4. The third-order valence-corrected chi connectivity index (χ3v) is 2.08. The number of ether oxygens (including phenoxy) is 2. The number of aliphatic hydroxyl groups is 4. The molecule has 78 valence electrons. The summed E-state index contributed by atoms with van der Waals surface area (Å²) in [5, 5.41) is 36.6. The third-order valence-electron chi connectivity index (χ3n) is 2.08. The van der Waals surface area contributed by atoms with Crippen molar-refractivity contribution in [2.75, 3.05) is 13.7 Å². The monoisotopic (exact) mass is 194 g/mol. The first kappa shape index (κ1) is 10.8. The molecule has 0 aromatic heterocycles. The highest BCUT2D eigenvalue weighted by molar-refractivity contribution is 4.88. The summed E-state index contributed by atoms with van der Waals surface area (Å²) in [7, 11) is 1.30. The van der Waals surface area contributed by atoms with E-state index in [1.54, 1.807) is 0 Å². The van der Waals surface area contributed by atoms with E-state index in [0.29, 0.717) is 0 Å². The maximum atomic E-state index is 9.28. The van der Waals surface area contributed by atoms with Gasteiger partial charge in [0.2, 0.25) is 0 Å². The molecular formula is C7H14O6. The molecule has 0 radical (unpaired) electrons. The van der Waals surface area contributed by atoms with Crippen LogP contribution >= 0.6 is 0 Å². The molecule has 6 heteroatoms. The molecule has 1 saturated heterocycles. The van der Waals surface area contributed by atoms with Crippen LogP contribution in [-0.4, -0.2) is 64.8 Å². The quantitative estimate of drug-likeness (QED) is 0.386. The van der Waals surface area contributed by atoms with Gasteiger partial charge in [-0.15, -0.1) is 0 Å². The van der Waals surface area contributed by atoms with Crippen molar-refractivity contribution >= 4 is 0 Å². The Morgan fingerprint density at radius 3 is 2.23 bits per heavy atom. The number of rotatable bonds is 2. The van der Waals surface area contributed by atoms with Crippen LogP contribution in [-0.2, 0) is 9.47 Å². The Bertz CT molecular complexity index is 143. The number of methoxy groups -OCH3 is 1. The molecule has 1 aliphatic heterocycles. The molecule has 6 nitrogen and oxygen atoms in total. The highest BCUT2D eigenvalue weighted by atomic mass is 16.7. The Hall–Kier alpha value is -0.240. The fourth-order valence-electron chi connectivity index (χ4n) is 1.26. The van der Waals surface area contributed by atoms with Crippen LogP contribution in [0.3, 0.4) is 0 Å². The van der Waals surface area contributed by atoms with Crippen LogP contribution in [0.4, 0.5) is 0 Å². The molecule has 0 aromatic rings. The number of hydrogen-bond donors (Lipinski definition) is 4. The van der Waals surface area contributed by atoms with Gasteiger partial charge in [-0.05, 0) is 0 Å². The average molecular weight is 194 g/mol. The van der Waals surface area contributed by atoms with Gasteiger partial charge >= 0.3 is 0 Å². The lowest BCUT2D eigenvalue weighted by atomic mass is 9.99. The Balaban J connectivity index is 2.66. The van der Waals surface area contributed by atoms with E-state index in [4.69, 9.17) is 14.6 Å². The minimum absolute atomic E-state index is 0.440. The molecule has 0 spiro atoms. The molecule has 5 atom stereocenters. The largest absolute Gasteiger partial charge is 0.394 e. The van der Waals surface area contributed by atoms with Crippen molar-refractivity contribution in [1.82, 2.24) is 0 Å². The Morgan fingerprint density at radius 1 is 1.15 bits per heavy atom. The van der Waals surface area contributed by atoms with Crippen LogP contribution in [0.2, 0.25) is 0 Å². The van der Waals surface area contributed by atoms with Crippen molar-refractivity contribution in [3.05, 3.63) is 0 Å². The first-order valence-corrected chi connectivity index (χ1v) is 3.95. The molecule has 0 saturated carbocycles. The third kappa shape index (κ3) is 1.98. The molecule has 0 amide bonds. The van der Waals surface area contributed by atoms with Gasteiger partial charge in [-0.25, -0.2) is 0 Å². The fraction of sp³-hybridized carbons (Fsp3) is 1.00. The Morgan fingerprint density at radius 2 is 1.77 bits per heavy atom. The summed E-state index contributed by atoms with van der Waals surface area (Å²) in [6, 6.07) is 0. The van der Waals surface area contributed by atoms with Crippen LogP contribution in [0.15, 0.2) is 0 Å². The summed E-state index contributed by atoms with van der Waals surface area (Å²) in [6.07, 6.45) is -5.91. The first-order valence-electron chi connectivity index (χ1n) is 3.95. The minimum Gasteiger partial charge on any atom is -0.394 e. The lowest BCUT2D eigenvalue weighted by Gasteiger charge is -2.38. The van der Waals surface area contributed by atoms with Crippen LogP contribution in [0.1, 0.15) is 0 Å². The van der Waals surface area contributed by atoms with Gasteiger partial charge < -0.3 is 29.9 Å². The van der Waals surface area contributed by atoms with E-state index in [1.165, 1.54) is 7.11 Å². The van der Waals surface area contributed by atoms with Gasteiger partial charge in [0, 0.05) is 7.11 Å². The van der Waals surface area contributed by atoms with Gasteiger partial charge in [-0.2, -0.15) is 0 Å². The van der Waals surface area contributed by atoms with Crippen LogP contribution in [0.5, 0.6) is 0 Å². The van der Waals surface area contributed by atoms with Crippen molar-refractivity contribution in [3.8, 4) is 0 Å². The van der Waals surface area contributed by atoms with Crippen LogP contribution in [0.25, 0.3) is 0 Å². The highest BCUT2D eigenvalue weighted by Gasteiger charge is 2.43. The van der Waals surface area contributed by atoms with E-state index in [9.17, 15) is 15.3 Å².